The molecule has 1 spiro atoms. The summed E-state index contributed by atoms with van der Waals surface area (Å²) in [7, 11) is 2.21. The third-order valence-corrected chi connectivity index (χ3v) is 6.20. The van der Waals surface area contributed by atoms with Crippen molar-refractivity contribution in [2.45, 2.75) is 56.7 Å². The Balaban J connectivity index is 1.19. The standard InChI is InChI=1S/C20H31N3O/c1-22(12-17-5-4-10-21-11-17)13-18-8-9-20(24-14-18)15-23(16-20)19-6-2-3-7-19/h4-5,10-11,18-19H,2-3,6-9,12-16H2,1H3. The minimum Gasteiger partial charge on any atom is -0.372 e. The van der Waals surface area contributed by atoms with Crippen molar-refractivity contribution < 1.29 is 4.74 Å². The van der Waals surface area contributed by atoms with Gasteiger partial charge in [-0.1, -0.05) is 18.9 Å². The topological polar surface area (TPSA) is 28.6 Å². The number of hydrogen-bond acceptors (Lipinski definition) is 4. The molecule has 1 atom stereocenters. The highest BCUT2D eigenvalue weighted by Gasteiger charge is 2.48. The first-order valence-corrected chi connectivity index (χ1v) is 9.68. The van der Waals surface area contributed by atoms with Crippen molar-refractivity contribution in [1.82, 2.24) is 14.8 Å². The molecule has 3 aliphatic rings. The van der Waals surface area contributed by atoms with E-state index in [1.165, 1.54) is 57.2 Å². The fourth-order valence-electron chi connectivity index (χ4n) is 4.84. The van der Waals surface area contributed by atoms with Gasteiger partial charge in [-0.15, -0.1) is 0 Å². The van der Waals surface area contributed by atoms with Gasteiger partial charge in [-0.3, -0.25) is 9.88 Å². The molecule has 2 saturated heterocycles. The van der Waals surface area contributed by atoms with Gasteiger partial charge in [0.05, 0.1) is 12.2 Å². The van der Waals surface area contributed by atoms with E-state index in [1.807, 2.05) is 18.5 Å². The van der Waals surface area contributed by atoms with Gasteiger partial charge in [-0.2, -0.15) is 0 Å². The van der Waals surface area contributed by atoms with Crippen LogP contribution in [0.5, 0.6) is 0 Å². The maximum Gasteiger partial charge on any atom is 0.0935 e. The van der Waals surface area contributed by atoms with Gasteiger partial charge in [0, 0.05) is 44.6 Å². The molecule has 132 valence electrons. The molecule has 4 heteroatoms. The number of pyridine rings is 1. The molecule has 4 rings (SSSR count). The van der Waals surface area contributed by atoms with Crippen LogP contribution in [0, 0.1) is 5.92 Å². The van der Waals surface area contributed by atoms with E-state index in [2.05, 4.69) is 27.9 Å². The van der Waals surface area contributed by atoms with E-state index in [9.17, 15) is 0 Å². The Morgan fingerprint density at radius 2 is 2.12 bits per heavy atom. The van der Waals surface area contributed by atoms with Crippen molar-refractivity contribution in [2.75, 3.05) is 33.3 Å². The number of hydrogen-bond donors (Lipinski definition) is 0. The lowest BCUT2D eigenvalue weighted by atomic mass is 9.81. The predicted molar refractivity (Wildman–Crippen MR) is 95.8 cm³/mol. The molecule has 1 aromatic rings. The lowest BCUT2D eigenvalue weighted by Gasteiger charge is -2.55. The van der Waals surface area contributed by atoms with E-state index in [-0.39, 0.29) is 5.60 Å². The first-order valence-electron chi connectivity index (χ1n) is 9.68. The van der Waals surface area contributed by atoms with E-state index < -0.39 is 0 Å². The van der Waals surface area contributed by atoms with Gasteiger partial charge in [0.1, 0.15) is 0 Å². The molecule has 0 radical (unpaired) electrons. The van der Waals surface area contributed by atoms with Crippen LogP contribution in [-0.2, 0) is 11.3 Å². The largest absolute Gasteiger partial charge is 0.372 e. The van der Waals surface area contributed by atoms with E-state index in [0.29, 0.717) is 5.92 Å². The fraction of sp³-hybridized carbons (Fsp3) is 0.750. The van der Waals surface area contributed by atoms with Crippen LogP contribution in [0.25, 0.3) is 0 Å². The van der Waals surface area contributed by atoms with Crippen molar-refractivity contribution >= 4 is 0 Å². The lowest BCUT2D eigenvalue weighted by molar-refractivity contribution is -0.190. The highest BCUT2D eigenvalue weighted by Crippen LogP contribution is 2.39. The SMILES string of the molecule is CN(Cc1cccnc1)CC1CCC2(CN(C3CCCC3)C2)OC1. The molecule has 1 aliphatic carbocycles. The van der Waals surface area contributed by atoms with Crippen molar-refractivity contribution in [3.8, 4) is 0 Å². The Bertz CT molecular complexity index is 513. The zero-order valence-corrected chi connectivity index (χ0v) is 15.0. The molecule has 0 aromatic carbocycles. The van der Waals surface area contributed by atoms with Crippen molar-refractivity contribution in [1.29, 1.82) is 0 Å². The second kappa shape index (κ2) is 7.11. The molecule has 1 aromatic heterocycles. The van der Waals surface area contributed by atoms with Crippen LogP contribution in [0.1, 0.15) is 44.1 Å². The molecular formula is C20H31N3O. The summed E-state index contributed by atoms with van der Waals surface area (Å²) < 4.78 is 6.37. The van der Waals surface area contributed by atoms with Gasteiger partial charge in [-0.05, 0) is 50.3 Å². The molecule has 24 heavy (non-hydrogen) atoms. The first kappa shape index (κ1) is 16.5. The average molecular weight is 329 g/mol. The van der Waals surface area contributed by atoms with E-state index in [4.69, 9.17) is 4.74 Å². The monoisotopic (exact) mass is 329 g/mol. The van der Waals surface area contributed by atoms with Gasteiger partial charge >= 0.3 is 0 Å². The zero-order valence-electron chi connectivity index (χ0n) is 15.0. The molecule has 0 bridgehead atoms. The van der Waals surface area contributed by atoms with E-state index in [0.717, 1.165) is 25.7 Å². The maximum absolute atomic E-state index is 6.37. The number of rotatable bonds is 5. The average Bonchev–Trinajstić information content (AvgIpc) is 3.08. The minimum atomic E-state index is 0.209. The van der Waals surface area contributed by atoms with Gasteiger partial charge in [0.25, 0.3) is 0 Å². The molecule has 2 aliphatic heterocycles. The smallest absolute Gasteiger partial charge is 0.0935 e. The number of aromatic nitrogens is 1. The molecule has 3 fully saturated rings. The third-order valence-electron chi connectivity index (χ3n) is 6.20. The van der Waals surface area contributed by atoms with Gasteiger partial charge < -0.3 is 9.64 Å². The van der Waals surface area contributed by atoms with E-state index >= 15 is 0 Å². The summed E-state index contributed by atoms with van der Waals surface area (Å²) in [5.41, 5.74) is 1.50. The van der Waals surface area contributed by atoms with Gasteiger partial charge in [0.2, 0.25) is 0 Å². The Kier molecular flexibility index (Phi) is 4.88. The Morgan fingerprint density at radius 1 is 1.29 bits per heavy atom. The highest BCUT2D eigenvalue weighted by atomic mass is 16.5. The predicted octanol–water partition coefficient (Wildman–Crippen LogP) is 2.94. The van der Waals surface area contributed by atoms with Crippen molar-refractivity contribution in [3.63, 3.8) is 0 Å². The molecule has 3 heterocycles. The fourth-order valence-corrected chi connectivity index (χ4v) is 4.84. The second-order valence-electron chi connectivity index (χ2n) is 8.30. The molecule has 4 nitrogen and oxygen atoms in total. The summed E-state index contributed by atoms with van der Waals surface area (Å²) >= 11 is 0. The molecular weight excluding hydrogens is 298 g/mol. The maximum atomic E-state index is 6.37. The summed E-state index contributed by atoms with van der Waals surface area (Å²) in [6.45, 7) is 5.42. The Morgan fingerprint density at radius 3 is 2.79 bits per heavy atom. The van der Waals surface area contributed by atoms with Gasteiger partial charge in [-0.25, -0.2) is 0 Å². The number of likely N-dealkylation sites (tertiary alicyclic amines) is 1. The molecule has 0 N–H and O–H groups in total. The molecule has 1 saturated carbocycles. The third kappa shape index (κ3) is 3.66. The zero-order chi connectivity index (χ0) is 16.4. The van der Waals surface area contributed by atoms with Crippen LogP contribution < -0.4 is 0 Å². The first-order chi connectivity index (χ1) is 11.7. The number of nitrogens with zero attached hydrogens (tertiary/aromatic N) is 3. The second-order valence-corrected chi connectivity index (χ2v) is 8.30. The summed E-state index contributed by atoms with van der Waals surface area (Å²) in [6, 6.07) is 5.04. The molecule has 1 unspecified atom stereocenters. The summed E-state index contributed by atoms with van der Waals surface area (Å²) in [4.78, 5) is 9.30. The summed E-state index contributed by atoms with van der Waals surface area (Å²) in [6.07, 6.45) is 12.1. The quantitative estimate of drug-likeness (QED) is 0.830. The van der Waals surface area contributed by atoms with Crippen LogP contribution in [-0.4, -0.2) is 59.7 Å². The van der Waals surface area contributed by atoms with Crippen LogP contribution in [0.4, 0.5) is 0 Å². The Hall–Kier alpha value is -0.970. The lowest BCUT2D eigenvalue weighted by Crippen LogP contribution is -2.67. The van der Waals surface area contributed by atoms with Crippen molar-refractivity contribution in [3.05, 3.63) is 30.1 Å². The normalized spacial score (nSPS) is 27.7. The molecule has 0 amide bonds. The summed E-state index contributed by atoms with van der Waals surface area (Å²) in [5, 5.41) is 0. The minimum absolute atomic E-state index is 0.209. The summed E-state index contributed by atoms with van der Waals surface area (Å²) in [5.74, 6) is 0.679. The number of ether oxygens (including phenoxy) is 1. The highest BCUT2D eigenvalue weighted by molar-refractivity contribution is 5.08. The van der Waals surface area contributed by atoms with Crippen LogP contribution in [0.2, 0.25) is 0 Å². The Labute approximate surface area is 146 Å². The van der Waals surface area contributed by atoms with Crippen LogP contribution in [0.15, 0.2) is 24.5 Å². The van der Waals surface area contributed by atoms with Crippen LogP contribution >= 0.6 is 0 Å². The van der Waals surface area contributed by atoms with Crippen LogP contribution in [0.3, 0.4) is 0 Å². The van der Waals surface area contributed by atoms with Gasteiger partial charge in [0.15, 0.2) is 0 Å². The van der Waals surface area contributed by atoms with Crippen molar-refractivity contribution in [2.24, 2.45) is 5.92 Å². The van der Waals surface area contributed by atoms with E-state index in [1.54, 1.807) is 0 Å².